The molecule has 7 nitrogen and oxygen atoms in total. The van der Waals surface area contributed by atoms with Crippen molar-refractivity contribution in [1.82, 2.24) is 4.98 Å². The lowest BCUT2D eigenvalue weighted by molar-refractivity contribution is -0.137. The summed E-state index contributed by atoms with van der Waals surface area (Å²) in [6, 6.07) is 12.2. The van der Waals surface area contributed by atoms with Crippen LogP contribution in [-0.4, -0.2) is 38.4 Å². The van der Waals surface area contributed by atoms with Crippen molar-refractivity contribution in [3.63, 3.8) is 0 Å². The van der Waals surface area contributed by atoms with Gasteiger partial charge in [0.2, 0.25) is 5.88 Å². The lowest BCUT2D eigenvalue weighted by Gasteiger charge is -2.15. The molecule has 1 amide bonds. The van der Waals surface area contributed by atoms with E-state index in [0.717, 1.165) is 4.90 Å². The first-order valence-corrected chi connectivity index (χ1v) is 11.0. The van der Waals surface area contributed by atoms with Gasteiger partial charge in [0, 0.05) is 22.8 Å². The fourth-order valence-corrected chi connectivity index (χ4v) is 3.17. The maximum atomic E-state index is 13.3. The van der Waals surface area contributed by atoms with Crippen LogP contribution in [0, 0.1) is 0 Å². The number of halogens is 3. The van der Waals surface area contributed by atoms with E-state index >= 15 is 0 Å². The summed E-state index contributed by atoms with van der Waals surface area (Å²) in [5, 5.41) is 2.59. The molecule has 0 atom stereocenters. The fraction of sp³-hybridized carbons (Fsp3) is 0.217. The van der Waals surface area contributed by atoms with Crippen LogP contribution in [0.4, 0.5) is 18.9 Å². The molecule has 1 aromatic heterocycles. The van der Waals surface area contributed by atoms with Gasteiger partial charge in [0.15, 0.2) is 11.5 Å². The smallest absolute Gasteiger partial charge is 0.417 e. The van der Waals surface area contributed by atoms with E-state index in [1.807, 2.05) is 12.3 Å². The lowest BCUT2D eigenvalue weighted by atomic mass is 10.1. The number of nitrogens with zero attached hydrogens (tertiary/aromatic N) is 1. The zero-order valence-electron chi connectivity index (χ0n) is 18.9. The number of hydrogen-bond acceptors (Lipinski definition) is 7. The van der Waals surface area contributed by atoms with Gasteiger partial charge in [0.25, 0.3) is 5.91 Å². The molecule has 3 aromatic rings. The van der Waals surface area contributed by atoms with Crippen LogP contribution >= 0.6 is 11.8 Å². The predicted octanol–water partition coefficient (Wildman–Crippen LogP) is 5.46. The van der Waals surface area contributed by atoms with Gasteiger partial charge in [0.1, 0.15) is 11.3 Å². The Labute approximate surface area is 199 Å². The van der Waals surface area contributed by atoms with E-state index in [9.17, 15) is 18.0 Å². The Kier molecular flexibility index (Phi) is 9.58. The molecule has 0 spiro atoms. The minimum atomic E-state index is -4.68. The number of carbonyl (C=O) groups is 1. The summed E-state index contributed by atoms with van der Waals surface area (Å²) in [5.41, 5.74) is 3.47. The molecule has 3 rings (SSSR count). The van der Waals surface area contributed by atoms with Crippen molar-refractivity contribution in [1.29, 1.82) is 0 Å². The number of pyridine rings is 1. The second-order valence-electron chi connectivity index (χ2n) is 6.38. The third kappa shape index (κ3) is 6.78. The molecule has 0 aliphatic rings. The molecule has 0 radical (unpaired) electrons. The van der Waals surface area contributed by atoms with E-state index in [1.54, 1.807) is 24.3 Å². The van der Waals surface area contributed by atoms with Crippen molar-refractivity contribution in [2.75, 3.05) is 32.8 Å². The molecule has 3 N–H and O–H groups in total. The first-order chi connectivity index (χ1) is 16.2. The van der Waals surface area contributed by atoms with E-state index in [1.165, 1.54) is 45.2 Å². The number of benzene rings is 2. The number of methoxy groups -OCH3 is 2. The highest BCUT2D eigenvalue weighted by Crippen LogP contribution is 2.37. The Hall–Kier alpha value is -3.44. The predicted molar refractivity (Wildman–Crippen MR) is 125 cm³/mol. The topological polar surface area (TPSA) is 95.7 Å². The molecule has 34 heavy (non-hydrogen) atoms. The molecule has 0 fully saturated rings. The number of alkyl halides is 3. The second-order valence-corrected chi connectivity index (χ2v) is 7.26. The largest absolute Gasteiger partial charge is 0.497 e. The highest BCUT2D eigenvalue weighted by Gasteiger charge is 2.33. The standard InChI is InChI=1S/C22H19F3N2O4S.CH5N/c1-29-15-7-8-18(19(11-15)30-2)31-21-17(9-13(12-26-21)22(23,24)25)20(28)27-14-5-4-6-16(10-14)32-3;1-2/h4-12H,1-3H3,(H,27,28);2H2,1H3. The minimum Gasteiger partial charge on any atom is -0.497 e. The summed E-state index contributed by atoms with van der Waals surface area (Å²) in [6.45, 7) is 0. The first-order valence-electron chi connectivity index (χ1n) is 9.75. The maximum absolute atomic E-state index is 13.3. The number of thioether (sulfide) groups is 1. The Morgan fingerprint density at radius 3 is 2.38 bits per heavy atom. The van der Waals surface area contributed by atoms with E-state index < -0.39 is 17.6 Å². The van der Waals surface area contributed by atoms with E-state index in [-0.39, 0.29) is 22.9 Å². The van der Waals surface area contributed by atoms with Gasteiger partial charge >= 0.3 is 6.18 Å². The van der Waals surface area contributed by atoms with Crippen LogP contribution in [0.15, 0.2) is 59.6 Å². The second kappa shape index (κ2) is 12.1. The number of nitrogens with one attached hydrogen (secondary N) is 1. The highest BCUT2D eigenvalue weighted by atomic mass is 32.2. The zero-order valence-corrected chi connectivity index (χ0v) is 19.7. The van der Waals surface area contributed by atoms with Crippen molar-refractivity contribution in [3.8, 4) is 23.1 Å². The number of nitrogens with two attached hydrogens (primary N) is 1. The Balaban J connectivity index is 0.00000199. The number of hydrogen-bond donors (Lipinski definition) is 2. The molecule has 0 saturated carbocycles. The average Bonchev–Trinajstić information content (AvgIpc) is 2.85. The minimum absolute atomic E-state index is 0.152. The third-order valence-electron chi connectivity index (χ3n) is 4.33. The highest BCUT2D eigenvalue weighted by molar-refractivity contribution is 7.98. The molecule has 0 bridgehead atoms. The van der Waals surface area contributed by atoms with Gasteiger partial charge < -0.3 is 25.3 Å². The molecule has 0 aliphatic heterocycles. The van der Waals surface area contributed by atoms with E-state index in [4.69, 9.17) is 14.2 Å². The summed E-state index contributed by atoms with van der Waals surface area (Å²) in [4.78, 5) is 17.5. The average molecular weight is 496 g/mol. The molecule has 0 aliphatic carbocycles. The van der Waals surface area contributed by atoms with Gasteiger partial charge in [-0.25, -0.2) is 4.98 Å². The van der Waals surface area contributed by atoms with Crippen molar-refractivity contribution in [2.24, 2.45) is 5.73 Å². The molecular weight excluding hydrogens is 471 g/mol. The van der Waals surface area contributed by atoms with Crippen molar-refractivity contribution in [3.05, 3.63) is 65.9 Å². The molecule has 2 aromatic carbocycles. The van der Waals surface area contributed by atoms with Gasteiger partial charge in [-0.3, -0.25) is 4.79 Å². The summed E-state index contributed by atoms with van der Waals surface area (Å²) < 4.78 is 55.8. The summed E-state index contributed by atoms with van der Waals surface area (Å²) in [7, 11) is 4.37. The Morgan fingerprint density at radius 1 is 1.03 bits per heavy atom. The summed E-state index contributed by atoms with van der Waals surface area (Å²) in [6.07, 6.45) is -2.21. The monoisotopic (exact) mass is 495 g/mol. The van der Waals surface area contributed by atoms with Crippen LogP contribution in [0.25, 0.3) is 0 Å². The van der Waals surface area contributed by atoms with Crippen LogP contribution in [0.3, 0.4) is 0 Å². The van der Waals surface area contributed by atoms with Gasteiger partial charge in [-0.2, -0.15) is 13.2 Å². The molecule has 0 unspecified atom stereocenters. The Bertz CT molecular complexity index is 1130. The van der Waals surface area contributed by atoms with Crippen molar-refractivity contribution >= 4 is 23.4 Å². The molecular formula is C23H24F3N3O4S. The third-order valence-corrected chi connectivity index (χ3v) is 5.05. The Morgan fingerprint density at radius 2 is 1.76 bits per heavy atom. The van der Waals surface area contributed by atoms with Gasteiger partial charge in [-0.15, -0.1) is 11.8 Å². The van der Waals surface area contributed by atoms with Crippen LogP contribution in [-0.2, 0) is 6.18 Å². The lowest BCUT2D eigenvalue weighted by Crippen LogP contribution is -2.16. The van der Waals surface area contributed by atoms with Gasteiger partial charge in [0.05, 0.1) is 19.8 Å². The van der Waals surface area contributed by atoms with Crippen LogP contribution in [0.1, 0.15) is 15.9 Å². The van der Waals surface area contributed by atoms with Crippen LogP contribution in [0.2, 0.25) is 0 Å². The van der Waals surface area contributed by atoms with Crippen LogP contribution < -0.4 is 25.3 Å². The quantitative estimate of drug-likeness (QED) is 0.420. The first kappa shape index (κ1) is 26.8. The number of amides is 1. The zero-order chi connectivity index (χ0) is 25.3. The van der Waals surface area contributed by atoms with Crippen molar-refractivity contribution < 1.29 is 32.2 Å². The summed E-state index contributed by atoms with van der Waals surface area (Å²) in [5.74, 6) is -0.213. The molecule has 0 saturated heterocycles. The number of aromatic nitrogens is 1. The number of anilines is 1. The molecule has 182 valence electrons. The van der Waals surface area contributed by atoms with Gasteiger partial charge in [-0.1, -0.05) is 6.07 Å². The molecule has 11 heteroatoms. The fourth-order valence-electron chi connectivity index (χ4n) is 2.71. The van der Waals surface area contributed by atoms with Crippen LogP contribution in [0.5, 0.6) is 23.1 Å². The summed E-state index contributed by atoms with van der Waals surface area (Å²) >= 11 is 1.46. The number of ether oxygens (including phenoxy) is 3. The van der Waals surface area contributed by atoms with E-state index in [2.05, 4.69) is 16.0 Å². The number of rotatable bonds is 7. The van der Waals surface area contributed by atoms with E-state index in [0.29, 0.717) is 23.7 Å². The SMILES string of the molecule is CN.COc1ccc(Oc2ncc(C(F)(F)F)cc2C(=O)Nc2cccc(SC)c2)c(OC)c1. The van der Waals surface area contributed by atoms with Crippen molar-refractivity contribution in [2.45, 2.75) is 11.1 Å². The number of carbonyl (C=O) groups excluding carboxylic acids is 1. The maximum Gasteiger partial charge on any atom is 0.417 e. The molecule has 1 heterocycles. The van der Waals surface area contributed by atoms with Gasteiger partial charge in [-0.05, 0) is 49.7 Å². The normalized spacial score (nSPS) is 10.6.